The Hall–Kier alpha value is -2.16. The summed E-state index contributed by atoms with van der Waals surface area (Å²) >= 11 is 0. The molecule has 1 aromatic heterocycles. The van der Waals surface area contributed by atoms with Gasteiger partial charge in [0.2, 0.25) is 0 Å². The molecule has 124 valence electrons. The summed E-state index contributed by atoms with van der Waals surface area (Å²) in [5.41, 5.74) is 3.98. The van der Waals surface area contributed by atoms with Crippen molar-refractivity contribution in [3.63, 3.8) is 0 Å². The van der Waals surface area contributed by atoms with E-state index in [1.54, 1.807) is 0 Å². The van der Waals surface area contributed by atoms with Gasteiger partial charge in [-0.05, 0) is 57.4 Å². The standard InChI is InChI=1S/C19H22N4O/c1-12(22-18-9-16-7-8-19(18)24-16)17-11-21-23(13(17)2)15-5-3-14(10-20)4-6-15/h3-6,11-12,16,18-19,22H,7-9H2,1-2H3/t12-,16+,18+,19+/m0/s1. The molecule has 2 saturated heterocycles. The Morgan fingerprint density at radius 2 is 2.12 bits per heavy atom. The van der Waals surface area contributed by atoms with Crippen LogP contribution in [0.4, 0.5) is 0 Å². The third-order valence-corrected chi connectivity index (χ3v) is 5.33. The molecule has 2 bridgehead atoms. The van der Waals surface area contributed by atoms with Crippen LogP contribution in [0.25, 0.3) is 5.69 Å². The van der Waals surface area contributed by atoms with E-state index in [9.17, 15) is 0 Å². The first kappa shape index (κ1) is 15.4. The predicted octanol–water partition coefficient (Wildman–Crippen LogP) is 3.02. The number of hydrogen-bond acceptors (Lipinski definition) is 4. The second kappa shape index (κ2) is 6.04. The zero-order valence-electron chi connectivity index (χ0n) is 14.1. The minimum absolute atomic E-state index is 0.241. The highest BCUT2D eigenvalue weighted by Gasteiger charge is 2.41. The van der Waals surface area contributed by atoms with Crippen molar-refractivity contribution in [2.45, 2.75) is 57.4 Å². The molecule has 4 atom stereocenters. The first-order valence-corrected chi connectivity index (χ1v) is 8.62. The van der Waals surface area contributed by atoms with Gasteiger partial charge < -0.3 is 10.1 Å². The Balaban J connectivity index is 1.52. The van der Waals surface area contributed by atoms with Crippen molar-refractivity contribution in [3.05, 3.63) is 47.3 Å². The van der Waals surface area contributed by atoms with Crippen molar-refractivity contribution in [3.8, 4) is 11.8 Å². The summed E-state index contributed by atoms with van der Waals surface area (Å²) in [6, 6.07) is 10.4. The summed E-state index contributed by atoms with van der Waals surface area (Å²) in [5.74, 6) is 0. The Kier molecular flexibility index (Phi) is 3.87. The highest BCUT2D eigenvalue weighted by Crippen LogP contribution is 2.35. The molecule has 2 aromatic rings. The molecule has 5 nitrogen and oxygen atoms in total. The average molecular weight is 322 g/mol. The molecule has 2 fully saturated rings. The monoisotopic (exact) mass is 322 g/mol. The van der Waals surface area contributed by atoms with E-state index in [1.807, 2.05) is 35.1 Å². The minimum atomic E-state index is 0.241. The third-order valence-electron chi connectivity index (χ3n) is 5.33. The number of benzene rings is 1. The summed E-state index contributed by atoms with van der Waals surface area (Å²) in [6.07, 6.45) is 6.30. The van der Waals surface area contributed by atoms with Gasteiger partial charge in [-0.3, -0.25) is 0 Å². The molecule has 3 heterocycles. The number of nitrogens with zero attached hydrogens (tertiary/aromatic N) is 3. The zero-order valence-corrected chi connectivity index (χ0v) is 14.1. The van der Waals surface area contributed by atoms with Crippen LogP contribution in [-0.2, 0) is 4.74 Å². The molecule has 0 radical (unpaired) electrons. The lowest BCUT2D eigenvalue weighted by Crippen LogP contribution is -2.39. The van der Waals surface area contributed by atoms with Crippen LogP contribution in [0.1, 0.15) is 49.0 Å². The van der Waals surface area contributed by atoms with Crippen molar-refractivity contribution < 1.29 is 4.74 Å². The van der Waals surface area contributed by atoms with Crippen LogP contribution in [0.3, 0.4) is 0 Å². The average Bonchev–Trinajstić information content (AvgIpc) is 3.30. The van der Waals surface area contributed by atoms with Gasteiger partial charge in [0.05, 0.1) is 35.7 Å². The SMILES string of the molecule is Cc1c([C@H](C)N[C@@H]2C[C@H]3CC[C@H]2O3)cnn1-c1ccc(C#N)cc1. The van der Waals surface area contributed by atoms with E-state index in [0.717, 1.165) is 17.8 Å². The van der Waals surface area contributed by atoms with E-state index in [-0.39, 0.29) is 6.04 Å². The lowest BCUT2D eigenvalue weighted by atomic mass is 9.94. The number of fused-ring (bicyclic) bond motifs is 2. The number of ether oxygens (including phenoxy) is 1. The highest BCUT2D eigenvalue weighted by atomic mass is 16.5. The third kappa shape index (κ3) is 2.62. The minimum Gasteiger partial charge on any atom is -0.373 e. The molecule has 0 saturated carbocycles. The normalized spacial score (nSPS) is 26.5. The number of rotatable bonds is 4. The fraction of sp³-hybridized carbons (Fsp3) is 0.474. The molecular formula is C19H22N4O. The zero-order chi connectivity index (χ0) is 16.7. The van der Waals surface area contributed by atoms with Gasteiger partial charge in [-0.1, -0.05) is 0 Å². The maximum atomic E-state index is 8.92. The van der Waals surface area contributed by atoms with Crippen LogP contribution in [0.15, 0.2) is 30.5 Å². The highest BCUT2D eigenvalue weighted by molar-refractivity contribution is 5.41. The lowest BCUT2D eigenvalue weighted by molar-refractivity contribution is 0.0962. The first-order valence-electron chi connectivity index (χ1n) is 8.62. The van der Waals surface area contributed by atoms with Crippen molar-refractivity contribution in [2.75, 3.05) is 0 Å². The number of hydrogen-bond donors (Lipinski definition) is 1. The van der Waals surface area contributed by atoms with Gasteiger partial charge in [-0.25, -0.2) is 4.68 Å². The summed E-state index contributed by atoms with van der Waals surface area (Å²) in [5, 5.41) is 17.2. The molecular weight excluding hydrogens is 300 g/mol. The summed E-state index contributed by atoms with van der Waals surface area (Å²) in [4.78, 5) is 0. The summed E-state index contributed by atoms with van der Waals surface area (Å²) in [7, 11) is 0. The van der Waals surface area contributed by atoms with E-state index in [1.165, 1.54) is 18.4 Å². The van der Waals surface area contributed by atoms with Gasteiger partial charge >= 0.3 is 0 Å². The Morgan fingerprint density at radius 3 is 2.75 bits per heavy atom. The van der Waals surface area contributed by atoms with Gasteiger partial charge in [0.15, 0.2) is 0 Å². The molecule has 24 heavy (non-hydrogen) atoms. The first-order chi connectivity index (χ1) is 11.7. The van der Waals surface area contributed by atoms with Gasteiger partial charge in [-0.2, -0.15) is 10.4 Å². The molecule has 0 unspecified atom stereocenters. The van der Waals surface area contributed by atoms with Crippen LogP contribution >= 0.6 is 0 Å². The molecule has 1 N–H and O–H groups in total. The topological polar surface area (TPSA) is 62.9 Å². The van der Waals surface area contributed by atoms with Crippen molar-refractivity contribution in [1.82, 2.24) is 15.1 Å². The summed E-state index contributed by atoms with van der Waals surface area (Å²) in [6.45, 7) is 4.29. The maximum absolute atomic E-state index is 8.92. The van der Waals surface area contributed by atoms with Crippen LogP contribution in [0, 0.1) is 18.3 Å². The molecule has 1 aromatic carbocycles. The maximum Gasteiger partial charge on any atom is 0.0991 e. The van der Waals surface area contributed by atoms with Gasteiger partial charge in [0.25, 0.3) is 0 Å². The van der Waals surface area contributed by atoms with E-state index < -0.39 is 0 Å². The lowest BCUT2D eigenvalue weighted by Gasteiger charge is -2.24. The largest absolute Gasteiger partial charge is 0.373 e. The van der Waals surface area contributed by atoms with E-state index in [0.29, 0.717) is 23.8 Å². The quantitative estimate of drug-likeness (QED) is 0.940. The second-order valence-corrected chi connectivity index (χ2v) is 6.86. The molecule has 4 rings (SSSR count). The van der Waals surface area contributed by atoms with Crippen molar-refractivity contribution in [2.24, 2.45) is 0 Å². The van der Waals surface area contributed by atoms with Crippen LogP contribution in [-0.4, -0.2) is 28.0 Å². The van der Waals surface area contributed by atoms with Gasteiger partial charge in [0, 0.05) is 23.3 Å². The molecule has 0 spiro atoms. The van der Waals surface area contributed by atoms with E-state index in [4.69, 9.17) is 10.00 Å². The molecule has 0 amide bonds. The fourth-order valence-electron chi connectivity index (χ4n) is 4.01. The van der Waals surface area contributed by atoms with Crippen molar-refractivity contribution in [1.29, 1.82) is 5.26 Å². The Labute approximate surface area is 142 Å². The second-order valence-electron chi connectivity index (χ2n) is 6.86. The van der Waals surface area contributed by atoms with E-state index in [2.05, 4.69) is 30.3 Å². The smallest absolute Gasteiger partial charge is 0.0991 e. The van der Waals surface area contributed by atoms with Crippen LogP contribution in [0.5, 0.6) is 0 Å². The number of nitriles is 1. The fourth-order valence-corrected chi connectivity index (χ4v) is 4.01. The Morgan fingerprint density at radius 1 is 1.33 bits per heavy atom. The van der Waals surface area contributed by atoms with Crippen LogP contribution < -0.4 is 5.32 Å². The predicted molar refractivity (Wildman–Crippen MR) is 90.9 cm³/mol. The van der Waals surface area contributed by atoms with E-state index >= 15 is 0 Å². The molecule has 5 heteroatoms. The Bertz CT molecular complexity index is 774. The number of nitrogens with one attached hydrogen (secondary N) is 1. The van der Waals surface area contributed by atoms with Crippen molar-refractivity contribution >= 4 is 0 Å². The number of aromatic nitrogens is 2. The van der Waals surface area contributed by atoms with Crippen LogP contribution in [0.2, 0.25) is 0 Å². The molecule has 2 aliphatic heterocycles. The molecule has 0 aliphatic carbocycles. The van der Waals surface area contributed by atoms with Gasteiger partial charge in [-0.15, -0.1) is 0 Å². The summed E-state index contributed by atoms with van der Waals surface area (Å²) < 4.78 is 7.88. The molecule has 2 aliphatic rings. The van der Waals surface area contributed by atoms with Gasteiger partial charge in [0.1, 0.15) is 0 Å².